The summed E-state index contributed by atoms with van der Waals surface area (Å²) in [4.78, 5) is 24.4. The molecule has 0 aliphatic rings. The van der Waals surface area contributed by atoms with Gasteiger partial charge < -0.3 is 9.47 Å². The minimum atomic E-state index is -0.915. The van der Waals surface area contributed by atoms with Gasteiger partial charge >= 0.3 is 5.97 Å². The van der Waals surface area contributed by atoms with Gasteiger partial charge in [0.05, 0.1) is 5.02 Å². The summed E-state index contributed by atoms with van der Waals surface area (Å²) in [5.41, 5.74) is 1.61. The van der Waals surface area contributed by atoms with Crippen LogP contribution in [0.5, 0.6) is 5.75 Å². The molecule has 0 heterocycles. The molecule has 0 unspecified atom stereocenters. The van der Waals surface area contributed by atoms with Crippen LogP contribution < -0.4 is 4.74 Å². The number of carbonyl (C=O) groups excluding carboxylic acids is 2. The van der Waals surface area contributed by atoms with Crippen molar-refractivity contribution in [1.29, 1.82) is 0 Å². The van der Waals surface area contributed by atoms with Crippen molar-refractivity contribution in [2.45, 2.75) is 39.2 Å². The standard InChI is InChI=1S/C21H22Cl2O4/c1-13(20(25)14-5-7-15(8-6-14)21(2,3)4)27-19(24)12-26-18-10-9-16(22)11-17(18)23/h5-11,13H,12H2,1-4H3/t13-/m1/s1. The van der Waals surface area contributed by atoms with Crippen LogP contribution in [0.15, 0.2) is 42.5 Å². The van der Waals surface area contributed by atoms with Crippen LogP contribution in [-0.4, -0.2) is 24.5 Å². The fraction of sp³-hybridized carbons (Fsp3) is 0.333. The molecule has 0 amide bonds. The molecule has 2 aromatic carbocycles. The van der Waals surface area contributed by atoms with Gasteiger partial charge in [0.2, 0.25) is 5.78 Å². The van der Waals surface area contributed by atoms with E-state index in [1.54, 1.807) is 24.3 Å². The monoisotopic (exact) mass is 408 g/mol. The molecule has 0 fully saturated rings. The Morgan fingerprint density at radius 3 is 2.22 bits per heavy atom. The van der Waals surface area contributed by atoms with Crippen LogP contribution >= 0.6 is 23.2 Å². The van der Waals surface area contributed by atoms with E-state index >= 15 is 0 Å². The Bertz CT molecular complexity index is 823. The molecule has 4 nitrogen and oxygen atoms in total. The van der Waals surface area contributed by atoms with E-state index in [4.69, 9.17) is 32.7 Å². The lowest BCUT2D eigenvalue weighted by molar-refractivity contribution is -0.148. The number of hydrogen-bond donors (Lipinski definition) is 0. The molecule has 2 aromatic rings. The number of ketones is 1. The number of esters is 1. The summed E-state index contributed by atoms with van der Waals surface area (Å²) in [6.45, 7) is 7.47. The summed E-state index contributed by atoms with van der Waals surface area (Å²) in [5, 5.41) is 0.755. The number of hydrogen-bond acceptors (Lipinski definition) is 4. The van der Waals surface area contributed by atoms with Gasteiger partial charge in [-0.2, -0.15) is 0 Å². The lowest BCUT2D eigenvalue weighted by Crippen LogP contribution is -2.27. The Morgan fingerprint density at radius 2 is 1.67 bits per heavy atom. The van der Waals surface area contributed by atoms with Crippen LogP contribution in [0.1, 0.15) is 43.6 Å². The van der Waals surface area contributed by atoms with Crippen LogP contribution in [0.25, 0.3) is 0 Å². The van der Waals surface area contributed by atoms with Crippen LogP contribution in [0.4, 0.5) is 0 Å². The van der Waals surface area contributed by atoms with Crippen LogP contribution in [0.3, 0.4) is 0 Å². The van der Waals surface area contributed by atoms with E-state index in [9.17, 15) is 9.59 Å². The molecular formula is C21H22Cl2O4. The molecule has 0 aromatic heterocycles. The molecule has 6 heteroatoms. The second-order valence-corrected chi connectivity index (χ2v) is 8.03. The molecule has 0 bridgehead atoms. The van der Waals surface area contributed by atoms with Gasteiger partial charge in [-0.1, -0.05) is 68.2 Å². The molecule has 27 heavy (non-hydrogen) atoms. The highest BCUT2D eigenvalue weighted by Gasteiger charge is 2.21. The maximum absolute atomic E-state index is 12.5. The molecule has 2 rings (SSSR count). The molecule has 0 N–H and O–H groups in total. The number of rotatable bonds is 6. The summed E-state index contributed by atoms with van der Waals surface area (Å²) in [6, 6.07) is 12.0. The smallest absolute Gasteiger partial charge is 0.344 e. The first-order chi connectivity index (χ1) is 12.6. The maximum atomic E-state index is 12.5. The van der Waals surface area contributed by atoms with Gasteiger partial charge in [-0.3, -0.25) is 4.79 Å². The van der Waals surface area contributed by atoms with Gasteiger partial charge in [0.25, 0.3) is 0 Å². The Balaban J connectivity index is 1.92. The fourth-order valence-corrected chi connectivity index (χ4v) is 2.85. The van der Waals surface area contributed by atoms with Crippen molar-refractivity contribution in [1.82, 2.24) is 0 Å². The van der Waals surface area contributed by atoms with Gasteiger partial charge in [0.15, 0.2) is 12.7 Å². The normalized spacial score (nSPS) is 12.4. The largest absolute Gasteiger partial charge is 0.480 e. The number of carbonyl (C=O) groups is 2. The fourth-order valence-electron chi connectivity index (χ4n) is 2.38. The van der Waals surface area contributed by atoms with Gasteiger partial charge in [-0.05, 0) is 36.1 Å². The summed E-state index contributed by atoms with van der Waals surface area (Å²) in [5.74, 6) is -0.615. The summed E-state index contributed by atoms with van der Waals surface area (Å²) < 4.78 is 10.5. The van der Waals surface area contributed by atoms with Gasteiger partial charge in [0, 0.05) is 10.6 Å². The number of halogens is 2. The molecule has 0 saturated heterocycles. The van der Waals surface area contributed by atoms with Crippen LogP contribution in [0.2, 0.25) is 10.0 Å². The highest BCUT2D eigenvalue weighted by atomic mass is 35.5. The van der Waals surface area contributed by atoms with Crippen molar-refractivity contribution in [2.24, 2.45) is 0 Å². The van der Waals surface area contributed by atoms with Gasteiger partial charge in [-0.15, -0.1) is 0 Å². The predicted molar refractivity (Wildman–Crippen MR) is 107 cm³/mol. The third-order valence-electron chi connectivity index (χ3n) is 3.95. The molecule has 0 saturated carbocycles. The molecule has 1 atom stereocenters. The van der Waals surface area contributed by atoms with E-state index in [-0.39, 0.29) is 17.8 Å². The predicted octanol–water partition coefficient (Wildman–Crippen LogP) is 5.48. The first kappa shape index (κ1) is 21.3. The molecule has 144 valence electrons. The van der Waals surface area contributed by atoms with Crippen LogP contribution in [-0.2, 0) is 14.9 Å². The van der Waals surface area contributed by atoms with Crippen molar-refractivity contribution in [2.75, 3.05) is 6.61 Å². The lowest BCUT2D eigenvalue weighted by atomic mass is 9.86. The van der Waals surface area contributed by atoms with Gasteiger partial charge in [-0.25, -0.2) is 4.79 Å². The van der Waals surface area contributed by atoms with Crippen LogP contribution in [0, 0.1) is 0 Å². The van der Waals surface area contributed by atoms with E-state index in [0.29, 0.717) is 21.4 Å². The lowest BCUT2D eigenvalue weighted by Gasteiger charge is -2.19. The Labute approximate surface area is 169 Å². The quantitative estimate of drug-likeness (QED) is 0.468. The van der Waals surface area contributed by atoms with E-state index < -0.39 is 12.1 Å². The third kappa shape index (κ3) is 5.98. The van der Waals surface area contributed by atoms with E-state index in [2.05, 4.69) is 20.8 Å². The van der Waals surface area contributed by atoms with Crippen molar-refractivity contribution in [3.05, 3.63) is 63.6 Å². The van der Waals surface area contributed by atoms with Crippen molar-refractivity contribution < 1.29 is 19.1 Å². The van der Waals surface area contributed by atoms with Crippen molar-refractivity contribution >= 4 is 35.0 Å². The molecule has 0 radical (unpaired) electrons. The SMILES string of the molecule is C[C@@H](OC(=O)COc1ccc(Cl)cc1Cl)C(=O)c1ccc(C(C)(C)C)cc1. The third-order valence-corrected chi connectivity index (χ3v) is 4.48. The zero-order valence-electron chi connectivity index (χ0n) is 15.7. The average molecular weight is 409 g/mol. The molecule has 0 aliphatic carbocycles. The zero-order chi connectivity index (χ0) is 20.2. The number of benzene rings is 2. The Morgan fingerprint density at radius 1 is 1.04 bits per heavy atom. The molecule has 0 aliphatic heterocycles. The molecule has 0 spiro atoms. The summed E-state index contributed by atoms with van der Waals surface area (Å²) in [7, 11) is 0. The minimum Gasteiger partial charge on any atom is -0.480 e. The molecular weight excluding hydrogens is 387 g/mol. The minimum absolute atomic E-state index is 0.0000613. The second kappa shape index (κ2) is 8.77. The van der Waals surface area contributed by atoms with E-state index in [0.717, 1.165) is 5.56 Å². The van der Waals surface area contributed by atoms with Crippen molar-refractivity contribution in [3.63, 3.8) is 0 Å². The van der Waals surface area contributed by atoms with E-state index in [1.165, 1.54) is 13.0 Å². The maximum Gasteiger partial charge on any atom is 0.344 e. The highest BCUT2D eigenvalue weighted by molar-refractivity contribution is 6.35. The first-order valence-electron chi connectivity index (χ1n) is 8.50. The van der Waals surface area contributed by atoms with Gasteiger partial charge in [0.1, 0.15) is 5.75 Å². The number of ether oxygens (including phenoxy) is 2. The summed E-state index contributed by atoms with van der Waals surface area (Å²) in [6.07, 6.45) is -0.915. The van der Waals surface area contributed by atoms with E-state index in [1.807, 2.05) is 12.1 Å². The first-order valence-corrected chi connectivity index (χ1v) is 9.25. The second-order valence-electron chi connectivity index (χ2n) is 7.19. The van der Waals surface area contributed by atoms with Crippen molar-refractivity contribution in [3.8, 4) is 5.75 Å². The zero-order valence-corrected chi connectivity index (χ0v) is 17.2. The topological polar surface area (TPSA) is 52.6 Å². The number of Topliss-reactive ketones (excluding diaryl/α,β-unsaturated/α-hetero) is 1. The Kier molecular flexibility index (Phi) is 6.90. The Hall–Kier alpha value is -2.04. The summed E-state index contributed by atoms with van der Waals surface area (Å²) >= 11 is 11.8. The highest BCUT2D eigenvalue weighted by Crippen LogP contribution is 2.27. The average Bonchev–Trinajstić information content (AvgIpc) is 2.59.